The zero-order chi connectivity index (χ0) is 19.4. The first-order chi connectivity index (χ1) is 12.9. The number of nitrogens with zero attached hydrogens (tertiary/aromatic N) is 3. The van der Waals surface area contributed by atoms with Gasteiger partial charge in [0, 0.05) is 31.7 Å². The molecule has 3 heterocycles. The number of pyridine rings is 2. The lowest BCUT2D eigenvalue weighted by Crippen LogP contribution is -2.34. The average molecular weight is 377 g/mol. The molecule has 0 aliphatic heterocycles. The highest BCUT2D eigenvalue weighted by molar-refractivity contribution is 5.93. The lowest BCUT2D eigenvalue weighted by molar-refractivity contribution is -0.137. The number of amides is 1. The summed E-state index contributed by atoms with van der Waals surface area (Å²) in [5.74, 6) is -0.990. The van der Waals surface area contributed by atoms with Crippen LogP contribution in [0.25, 0.3) is 5.65 Å². The molecule has 0 aliphatic rings. The van der Waals surface area contributed by atoms with Gasteiger partial charge in [0.25, 0.3) is 11.5 Å². The summed E-state index contributed by atoms with van der Waals surface area (Å²) >= 11 is 0. The van der Waals surface area contributed by atoms with Crippen LogP contribution >= 0.6 is 0 Å². The van der Waals surface area contributed by atoms with Crippen LogP contribution in [-0.4, -0.2) is 33.4 Å². The van der Waals surface area contributed by atoms with Crippen molar-refractivity contribution < 1.29 is 18.0 Å². The Labute approximate surface area is 150 Å². The van der Waals surface area contributed by atoms with E-state index in [1.54, 1.807) is 18.2 Å². The van der Waals surface area contributed by atoms with Crippen molar-refractivity contribution in [2.45, 2.75) is 6.18 Å². The van der Waals surface area contributed by atoms with E-state index in [1.165, 1.54) is 29.1 Å². The van der Waals surface area contributed by atoms with Crippen LogP contribution in [0.3, 0.4) is 0 Å². The number of rotatable bonds is 5. The zero-order valence-electron chi connectivity index (χ0n) is 13.8. The second kappa shape index (κ2) is 7.44. The molecule has 0 bridgehead atoms. The minimum absolute atomic E-state index is 0.00578. The van der Waals surface area contributed by atoms with Crippen LogP contribution in [0.4, 0.5) is 19.0 Å². The molecule has 0 radical (unpaired) electrons. The summed E-state index contributed by atoms with van der Waals surface area (Å²) in [5, 5.41) is 5.00. The van der Waals surface area contributed by atoms with Crippen molar-refractivity contribution in [1.29, 1.82) is 0 Å². The first kappa shape index (κ1) is 18.4. The number of nitrogens with one attached hydrogen (secondary N) is 2. The number of hydrogen-bond donors (Lipinski definition) is 2. The van der Waals surface area contributed by atoms with Crippen LogP contribution in [0.1, 0.15) is 15.9 Å². The molecular weight excluding hydrogens is 363 g/mol. The third kappa shape index (κ3) is 4.05. The van der Waals surface area contributed by atoms with Gasteiger partial charge in [0.05, 0.1) is 5.56 Å². The van der Waals surface area contributed by atoms with Crippen molar-refractivity contribution in [1.82, 2.24) is 19.7 Å². The fourth-order valence-corrected chi connectivity index (χ4v) is 2.41. The quantitative estimate of drug-likeness (QED) is 0.664. The molecule has 0 aliphatic carbocycles. The SMILES string of the molecule is O=C(NCCNc1ncccc1C(F)(F)F)c1cnc2ccccn2c1=O. The summed E-state index contributed by atoms with van der Waals surface area (Å²) in [6.07, 6.45) is -0.646. The van der Waals surface area contributed by atoms with Crippen molar-refractivity contribution in [3.05, 3.63) is 70.4 Å². The van der Waals surface area contributed by atoms with Gasteiger partial charge in [-0.1, -0.05) is 6.07 Å². The minimum atomic E-state index is -4.54. The van der Waals surface area contributed by atoms with Gasteiger partial charge in [-0.15, -0.1) is 0 Å². The Kier molecular flexibility index (Phi) is 5.06. The van der Waals surface area contributed by atoms with Crippen LogP contribution in [-0.2, 0) is 6.18 Å². The van der Waals surface area contributed by atoms with Gasteiger partial charge < -0.3 is 10.6 Å². The maximum atomic E-state index is 12.9. The first-order valence-electron chi connectivity index (χ1n) is 7.88. The van der Waals surface area contributed by atoms with Crippen LogP contribution < -0.4 is 16.2 Å². The molecule has 2 N–H and O–H groups in total. The van der Waals surface area contributed by atoms with Crippen LogP contribution in [0, 0.1) is 0 Å². The van der Waals surface area contributed by atoms with E-state index in [-0.39, 0.29) is 24.5 Å². The second-order valence-corrected chi connectivity index (χ2v) is 5.49. The summed E-state index contributed by atoms with van der Waals surface area (Å²) in [7, 11) is 0. The molecular formula is C17H14F3N5O2. The number of fused-ring (bicyclic) bond motifs is 1. The van der Waals surface area contributed by atoms with Crippen molar-refractivity contribution >= 4 is 17.4 Å². The first-order valence-corrected chi connectivity index (χ1v) is 7.88. The Morgan fingerprint density at radius 1 is 1.11 bits per heavy atom. The summed E-state index contributed by atoms with van der Waals surface area (Å²) in [6, 6.07) is 7.07. The smallest absolute Gasteiger partial charge is 0.368 e. The van der Waals surface area contributed by atoms with Gasteiger partial charge >= 0.3 is 6.18 Å². The number of alkyl halides is 3. The molecule has 0 saturated heterocycles. The molecule has 3 aromatic rings. The average Bonchev–Trinajstić information content (AvgIpc) is 2.65. The van der Waals surface area contributed by atoms with E-state index >= 15 is 0 Å². The van der Waals surface area contributed by atoms with E-state index in [0.29, 0.717) is 5.65 Å². The van der Waals surface area contributed by atoms with Crippen LogP contribution in [0.2, 0.25) is 0 Å². The molecule has 3 aromatic heterocycles. The predicted molar refractivity (Wildman–Crippen MR) is 91.5 cm³/mol. The summed E-state index contributed by atoms with van der Waals surface area (Å²) < 4.78 is 39.9. The summed E-state index contributed by atoms with van der Waals surface area (Å²) in [4.78, 5) is 32.1. The lowest BCUT2D eigenvalue weighted by atomic mass is 10.2. The molecule has 0 spiro atoms. The Morgan fingerprint density at radius 2 is 1.93 bits per heavy atom. The fourth-order valence-electron chi connectivity index (χ4n) is 2.41. The number of aromatic nitrogens is 3. The van der Waals surface area contributed by atoms with Crippen LogP contribution in [0.5, 0.6) is 0 Å². The Morgan fingerprint density at radius 3 is 2.70 bits per heavy atom. The molecule has 3 rings (SSSR count). The van der Waals surface area contributed by atoms with Crippen molar-refractivity contribution in [3.63, 3.8) is 0 Å². The van der Waals surface area contributed by atoms with E-state index in [9.17, 15) is 22.8 Å². The predicted octanol–water partition coefficient (Wildman–Crippen LogP) is 1.95. The van der Waals surface area contributed by atoms with Gasteiger partial charge in [0.1, 0.15) is 17.0 Å². The van der Waals surface area contributed by atoms with E-state index < -0.39 is 23.2 Å². The maximum absolute atomic E-state index is 12.9. The zero-order valence-corrected chi connectivity index (χ0v) is 13.8. The summed E-state index contributed by atoms with van der Waals surface area (Å²) in [5.41, 5.74) is -1.19. The standard InChI is InChI=1S/C17H14F3N5O2/c18-17(19,20)12-4-3-6-21-14(12)22-7-8-23-15(26)11-10-24-13-5-1-2-9-25(13)16(11)27/h1-6,9-10H,7-8H2,(H,21,22)(H,23,26). The van der Waals surface area contributed by atoms with Crippen molar-refractivity contribution in [2.75, 3.05) is 18.4 Å². The topological polar surface area (TPSA) is 88.4 Å². The molecule has 10 heteroatoms. The molecule has 7 nitrogen and oxygen atoms in total. The highest BCUT2D eigenvalue weighted by atomic mass is 19.4. The van der Waals surface area contributed by atoms with Crippen molar-refractivity contribution in [2.24, 2.45) is 0 Å². The number of anilines is 1. The molecule has 0 fully saturated rings. The lowest BCUT2D eigenvalue weighted by Gasteiger charge is -2.13. The number of hydrogen-bond acceptors (Lipinski definition) is 5. The van der Waals surface area contributed by atoms with Gasteiger partial charge in [-0.2, -0.15) is 13.2 Å². The number of halogens is 3. The Hall–Kier alpha value is -3.43. The van der Waals surface area contributed by atoms with E-state index in [0.717, 1.165) is 6.07 Å². The molecule has 1 amide bonds. The Bertz CT molecular complexity index is 1030. The van der Waals surface area contributed by atoms with Crippen LogP contribution in [0.15, 0.2) is 53.7 Å². The molecule has 0 saturated carbocycles. The normalized spacial score (nSPS) is 11.4. The second-order valence-electron chi connectivity index (χ2n) is 5.49. The number of carbonyl (C=O) groups excluding carboxylic acids is 1. The fraction of sp³-hybridized carbons (Fsp3) is 0.176. The molecule has 27 heavy (non-hydrogen) atoms. The molecule has 0 atom stereocenters. The highest BCUT2D eigenvalue weighted by Gasteiger charge is 2.33. The largest absolute Gasteiger partial charge is 0.419 e. The third-order valence-electron chi connectivity index (χ3n) is 3.67. The van der Waals surface area contributed by atoms with Gasteiger partial charge in [0.15, 0.2) is 0 Å². The van der Waals surface area contributed by atoms with E-state index in [2.05, 4.69) is 20.6 Å². The van der Waals surface area contributed by atoms with E-state index in [1.807, 2.05) is 0 Å². The molecule has 0 aromatic carbocycles. The minimum Gasteiger partial charge on any atom is -0.368 e. The molecule has 0 unspecified atom stereocenters. The number of carbonyl (C=O) groups is 1. The summed E-state index contributed by atoms with van der Waals surface area (Å²) in [6.45, 7) is -0.0161. The monoisotopic (exact) mass is 377 g/mol. The van der Waals surface area contributed by atoms with Gasteiger partial charge in [-0.05, 0) is 24.3 Å². The van der Waals surface area contributed by atoms with Crippen molar-refractivity contribution in [3.8, 4) is 0 Å². The van der Waals surface area contributed by atoms with Gasteiger partial charge in [-0.25, -0.2) is 9.97 Å². The molecule has 140 valence electrons. The van der Waals surface area contributed by atoms with Gasteiger partial charge in [-0.3, -0.25) is 14.0 Å². The van der Waals surface area contributed by atoms with E-state index in [4.69, 9.17) is 0 Å². The highest BCUT2D eigenvalue weighted by Crippen LogP contribution is 2.33. The Balaban J connectivity index is 1.63. The maximum Gasteiger partial charge on any atom is 0.419 e. The third-order valence-corrected chi connectivity index (χ3v) is 3.67. The van der Waals surface area contributed by atoms with Gasteiger partial charge in [0.2, 0.25) is 0 Å².